The molecule has 0 N–H and O–H groups in total. The van der Waals surface area contributed by atoms with Crippen molar-refractivity contribution in [1.82, 2.24) is 4.90 Å². The van der Waals surface area contributed by atoms with Gasteiger partial charge in [0.25, 0.3) is 0 Å². The number of hydrogen-bond acceptors (Lipinski definition) is 3. The molecule has 1 aromatic carbocycles. The van der Waals surface area contributed by atoms with Crippen LogP contribution in [-0.4, -0.2) is 38.8 Å². The van der Waals surface area contributed by atoms with Gasteiger partial charge in [0, 0.05) is 11.5 Å². The van der Waals surface area contributed by atoms with E-state index in [9.17, 15) is 0 Å². The van der Waals surface area contributed by atoms with E-state index in [4.69, 9.17) is 9.47 Å². The maximum Gasteiger partial charge on any atom is 0.161 e. The third-order valence-corrected chi connectivity index (χ3v) is 5.64. The molecule has 120 valence electrons. The number of methoxy groups -OCH3 is 2. The Kier molecular flexibility index (Phi) is 4.18. The molecule has 2 aliphatic rings. The number of benzene rings is 1. The summed E-state index contributed by atoms with van der Waals surface area (Å²) in [6, 6.07) is 7.09. The van der Waals surface area contributed by atoms with Crippen molar-refractivity contribution in [3.8, 4) is 11.5 Å². The molecule has 1 heterocycles. The highest BCUT2D eigenvalue weighted by Crippen LogP contribution is 2.51. The van der Waals surface area contributed by atoms with E-state index in [0.717, 1.165) is 24.5 Å². The molecule has 0 amide bonds. The summed E-state index contributed by atoms with van der Waals surface area (Å²) in [5, 5.41) is 0. The second kappa shape index (κ2) is 5.96. The van der Waals surface area contributed by atoms with Crippen LogP contribution >= 0.6 is 0 Å². The van der Waals surface area contributed by atoms with Gasteiger partial charge in [0.05, 0.1) is 14.2 Å². The molecule has 1 aliphatic heterocycles. The van der Waals surface area contributed by atoms with Crippen molar-refractivity contribution < 1.29 is 9.47 Å². The molecule has 1 aliphatic carbocycles. The Labute approximate surface area is 133 Å². The topological polar surface area (TPSA) is 21.7 Å². The van der Waals surface area contributed by atoms with Crippen LogP contribution in [0.15, 0.2) is 29.8 Å². The van der Waals surface area contributed by atoms with Crippen molar-refractivity contribution >= 4 is 0 Å². The summed E-state index contributed by atoms with van der Waals surface area (Å²) >= 11 is 0. The highest BCUT2D eigenvalue weighted by Gasteiger charge is 2.50. The predicted octanol–water partition coefficient (Wildman–Crippen LogP) is 3.78. The first-order valence-corrected chi connectivity index (χ1v) is 8.29. The lowest BCUT2D eigenvalue weighted by molar-refractivity contribution is 0.238. The lowest BCUT2D eigenvalue weighted by atomic mass is 9.64. The van der Waals surface area contributed by atoms with Crippen LogP contribution in [0.4, 0.5) is 0 Å². The van der Waals surface area contributed by atoms with Gasteiger partial charge in [-0.05, 0) is 57.0 Å². The van der Waals surface area contributed by atoms with Gasteiger partial charge in [-0.1, -0.05) is 24.6 Å². The van der Waals surface area contributed by atoms with Crippen molar-refractivity contribution in [2.45, 2.75) is 44.1 Å². The summed E-state index contributed by atoms with van der Waals surface area (Å²) in [5.41, 5.74) is 3.13. The summed E-state index contributed by atoms with van der Waals surface area (Å²) < 4.78 is 11.0. The molecule has 22 heavy (non-hydrogen) atoms. The summed E-state index contributed by atoms with van der Waals surface area (Å²) in [5.74, 6) is 1.65. The van der Waals surface area contributed by atoms with E-state index < -0.39 is 0 Å². The number of likely N-dealkylation sites (tertiary alicyclic amines) is 1. The summed E-state index contributed by atoms with van der Waals surface area (Å²) in [4.78, 5) is 2.54. The van der Waals surface area contributed by atoms with Gasteiger partial charge in [-0.2, -0.15) is 0 Å². The normalized spacial score (nSPS) is 28.2. The third-order valence-electron chi connectivity index (χ3n) is 5.64. The number of fused-ring (bicyclic) bond motifs is 1. The minimum absolute atomic E-state index is 0.154. The molecular weight excluding hydrogens is 274 g/mol. The fourth-order valence-corrected chi connectivity index (χ4v) is 4.59. The fraction of sp³-hybridized carbons (Fsp3) is 0.579. The number of ether oxygens (including phenoxy) is 2. The van der Waals surface area contributed by atoms with Gasteiger partial charge in [0.15, 0.2) is 11.5 Å². The maximum absolute atomic E-state index is 5.55. The zero-order chi connectivity index (χ0) is 15.7. The number of allylic oxidation sites excluding steroid dienone is 1. The Morgan fingerprint density at radius 1 is 1.23 bits per heavy atom. The van der Waals surface area contributed by atoms with Crippen LogP contribution in [0.3, 0.4) is 0 Å². The molecule has 0 spiro atoms. The standard InChI is InChI=1S/C19H27NO2/c1-5-14-7-6-8-18-19(14,11-12-20(18)2)15-9-10-16(21-3)17(13-15)22-4/h7,9-10,13,18H,5-6,8,11-12H2,1-4H3/t18-,19+/m0/s1. The molecule has 0 unspecified atom stereocenters. The predicted molar refractivity (Wildman–Crippen MR) is 89.9 cm³/mol. The van der Waals surface area contributed by atoms with Gasteiger partial charge >= 0.3 is 0 Å². The number of rotatable bonds is 4. The van der Waals surface area contributed by atoms with E-state index in [-0.39, 0.29) is 5.41 Å². The van der Waals surface area contributed by atoms with E-state index in [0.29, 0.717) is 6.04 Å². The third kappa shape index (κ3) is 2.14. The van der Waals surface area contributed by atoms with Crippen LogP contribution in [0.1, 0.15) is 38.2 Å². The van der Waals surface area contributed by atoms with Crippen molar-refractivity contribution in [1.29, 1.82) is 0 Å². The minimum atomic E-state index is 0.154. The summed E-state index contributed by atoms with van der Waals surface area (Å²) in [7, 11) is 5.68. The van der Waals surface area contributed by atoms with Gasteiger partial charge in [0.2, 0.25) is 0 Å². The molecule has 0 saturated carbocycles. The zero-order valence-corrected chi connectivity index (χ0v) is 14.2. The second-order valence-electron chi connectivity index (χ2n) is 6.45. The molecule has 3 rings (SSSR count). The van der Waals surface area contributed by atoms with Crippen molar-refractivity contribution in [2.24, 2.45) is 0 Å². The average molecular weight is 301 g/mol. The Hall–Kier alpha value is -1.48. The molecule has 1 fully saturated rings. The lowest BCUT2D eigenvalue weighted by Crippen LogP contribution is -2.44. The number of likely N-dealkylation sites (N-methyl/N-ethyl adjacent to an activating group) is 1. The molecule has 3 heteroatoms. The first-order chi connectivity index (χ1) is 10.7. The Morgan fingerprint density at radius 3 is 2.68 bits per heavy atom. The van der Waals surface area contributed by atoms with E-state index in [1.165, 1.54) is 24.8 Å². The van der Waals surface area contributed by atoms with E-state index in [2.05, 4.69) is 43.1 Å². The summed E-state index contributed by atoms with van der Waals surface area (Å²) in [6.07, 6.45) is 7.25. The zero-order valence-electron chi connectivity index (χ0n) is 14.2. The highest BCUT2D eigenvalue weighted by atomic mass is 16.5. The Morgan fingerprint density at radius 2 is 2.00 bits per heavy atom. The van der Waals surface area contributed by atoms with Gasteiger partial charge in [-0.15, -0.1) is 0 Å². The molecule has 1 saturated heterocycles. The van der Waals surface area contributed by atoms with Crippen molar-refractivity contribution in [2.75, 3.05) is 27.8 Å². The Balaban J connectivity index is 2.13. The van der Waals surface area contributed by atoms with Gasteiger partial charge in [-0.3, -0.25) is 0 Å². The first-order valence-electron chi connectivity index (χ1n) is 8.29. The van der Waals surface area contributed by atoms with Crippen LogP contribution in [-0.2, 0) is 5.41 Å². The highest BCUT2D eigenvalue weighted by molar-refractivity contribution is 5.50. The van der Waals surface area contributed by atoms with E-state index in [1.807, 2.05) is 0 Å². The number of hydrogen-bond donors (Lipinski definition) is 0. The molecule has 0 aromatic heterocycles. The van der Waals surface area contributed by atoms with Gasteiger partial charge < -0.3 is 14.4 Å². The molecule has 0 radical (unpaired) electrons. The van der Waals surface area contributed by atoms with E-state index >= 15 is 0 Å². The Bertz CT molecular complexity index is 581. The van der Waals surface area contributed by atoms with Gasteiger partial charge in [0.1, 0.15) is 0 Å². The van der Waals surface area contributed by atoms with Crippen molar-refractivity contribution in [3.05, 3.63) is 35.4 Å². The lowest BCUT2D eigenvalue weighted by Gasteiger charge is -2.43. The average Bonchev–Trinajstić information content (AvgIpc) is 2.92. The smallest absolute Gasteiger partial charge is 0.161 e. The van der Waals surface area contributed by atoms with Crippen LogP contribution < -0.4 is 9.47 Å². The monoisotopic (exact) mass is 301 g/mol. The summed E-state index contributed by atoms with van der Waals surface area (Å²) in [6.45, 7) is 3.45. The number of nitrogens with zero attached hydrogens (tertiary/aromatic N) is 1. The van der Waals surface area contributed by atoms with Crippen LogP contribution in [0.2, 0.25) is 0 Å². The molecule has 2 atom stereocenters. The van der Waals surface area contributed by atoms with Crippen LogP contribution in [0, 0.1) is 0 Å². The van der Waals surface area contributed by atoms with Crippen LogP contribution in [0.5, 0.6) is 11.5 Å². The molecule has 0 bridgehead atoms. The largest absolute Gasteiger partial charge is 0.493 e. The maximum atomic E-state index is 5.55. The van der Waals surface area contributed by atoms with Gasteiger partial charge in [-0.25, -0.2) is 0 Å². The fourth-order valence-electron chi connectivity index (χ4n) is 4.59. The first kappa shape index (κ1) is 15.4. The second-order valence-corrected chi connectivity index (χ2v) is 6.45. The molecular formula is C19H27NO2. The van der Waals surface area contributed by atoms with E-state index in [1.54, 1.807) is 19.8 Å². The molecule has 3 nitrogen and oxygen atoms in total. The minimum Gasteiger partial charge on any atom is -0.493 e. The SMILES string of the molecule is CCC1=CCC[C@@H]2N(C)CC[C@]12c1ccc(OC)c(OC)c1. The van der Waals surface area contributed by atoms with Crippen LogP contribution in [0.25, 0.3) is 0 Å². The molecule has 1 aromatic rings. The quantitative estimate of drug-likeness (QED) is 0.790. The van der Waals surface area contributed by atoms with Crippen molar-refractivity contribution in [3.63, 3.8) is 0 Å².